The van der Waals surface area contributed by atoms with Crippen molar-refractivity contribution in [3.8, 4) is 17.1 Å². The largest absolute Gasteiger partial charge is 0.265 e. The van der Waals surface area contributed by atoms with Gasteiger partial charge in [0.05, 0.1) is 17.3 Å². The smallest absolute Gasteiger partial charge is 0.175 e. The maximum Gasteiger partial charge on any atom is 0.175 e. The minimum Gasteiger partial charge on any atom is -0.265 e. The molecule has 3 aromatic heterocycles. The lowest BCUT2D eigenvalue weighted by Gasteiger charge is -2.07. The van der Waals surface area contributed by atoms with E-state index in [0.29, 0.717) is 27.2 Å². The maximum absolute atomic E-state index is 6.17. The Kier molecular flexibility index (Phi) is 3.63. The van der Waals surface area contributed by atoms with Crippen LogP contribution >= 0.6 is 23.2 Å². The average Bonchev–Trinajstić information content (AvgIpc) is 3.27. The average molecular weight is 395 g/mol. The van der Waals surface area contributed by atoms with Crippen molar-refractivity contribution >= 4 is 39.9 Å². The predicted molar refractivity (Wildman–Crippen MR) is 106 cm³/mol. The lowest BCUT2D eigenvalue weighted by atomic mass is 10.2. The Morgan fingerprint density at radius 3 is 2.63 bits per heavy atom. The lowest BCUT2D eigenvalue weighted by molar-refractivity contribution is 0.886. The molecule has 6 nitrogen and oxygen atoms in total. The predicted octanol–water partition coefficient (Wildman–Crippen LogP) is 4.75. The Labute approximate surface area is 164 Å². The molecule has 0 aliphatic heterocycles. The molecule has 0 aliphatic carbocycles. The topological polar surface area (TPSA) is 60.9 Å². The number of halogens is 2. The summed E-state index contributed by atoms with van der Waals surface area (Å²) in [7, 11) is 0. The zero-order chi connectivity index (χ0) is 18.5. The van der Waals surface area contributed by atoms with Crippen LogP contribution in [0.5, 0.6) is 0 Å². The number of nitrogens with zero attached hydrogens (tertiary/aromatic N) is 6. The minimum absolute atomic E-state index is 0.641. The number of aromatic nitrogens is 6. The van der Waals surface area contributed by atoms with Gasteiger partial charge in [0.1, 0.15) is 6.33 Å². The van der Waals surface area contributed by atoms with Crippen molar-refractivity contribution in [2.75, 3.05) is 0 Å². The highest BCUT2D eigenvalue weighted by atomic mass is 35.5. The molecule has 0 fully saturated rings. The first-order valence-electron chi connectivity index (χ1n) is 8.22. The third-order valence-electron chi connectivity index (χ3n) is 4.46. The highest BCUT2D eigenvalue weighted by Gasteiger charge is 2.16. The molecule has 5 rings (SSSR count). The van der Waals surface area contributed by atoms with Crippen molar-refractivity contribution in [1.82, 2.24) is 29.4 Å². The van der Waals surface area contributed by atoms with Crippen LogP contribution in [0.25, 0.3) is 33.8 Å². The summed E-state index contributed by atoms with van der Waals surface area (Å²) in [5.41, 5.74) is 4.17. The molecule has 3 heterocycles. The maximum atomic E-state index is 6.17. The first kappa shape index (κ1) is 16.2. The van der Waals surface area contributed by atoms with Crippen molar-refractivity contribution in [2.45, 2.75) is 6.92 Å². The molecule has 0 unspecified atom stereocenters. The number of aryl methyl sites for hydroxylation is 1. The highest BCUT2D eigenvalue weighted by Crippen LogP contribution is 2.27. The normalized spacial score (nSPS) is 11.5. The second-order valence-electron chi connectivity index (χ2n) is 6.20. The van der Waals surface area contributed by atoms with E-state index in [0.717, 1.165) is 22.2 Å². The van der Waals surface area contributed by atoms with Crippen LogP contribution in [0, 0.1) is 6.92 Å². The Balaban J connectivity index is 1.74. The van der Waals surface area contributed by atoms with Gasteiger partial charge in [-0.05, 0) is 36.8 Å². The monoisotopic (exact) mass is 394 g/mol. The van der Waals surface area contributed by atoms with E-state index < -0.39 is 0 Å². The van der Waals surface area contributed by atoms with Crippen LogP contribution in [0.2, 0.25) is 10.0 Å². The van der Waals surface area contributed by atoms with Crippen LogP contribution in [-0.4, -0.2) is 29.4 Å². The standard InChI is InChI=1S/C19H12Cl2N6/c1-11-5-6-14(21)8-16(11)27-18-15(9-23-27)19-25-24-17(26(19)10-22-18)12-3-2-4-13(20)7-12/h2-10H,1H3. The molecule has 0 radical (unpaired) electrons. The van der Waals surface area contributed by atoms with Crippen LogP contribution in [0.3, 0.4) is 0 Å². The Bertz CT molecular complexity index is 1320. The molecule has 132 valence electrons. The van der Waals surface area contributed by atoms with E-state index in [1.54, 1.807) is 17.2 Å². The summed E-state index contributed by atoms with van der Waals surface area (Å²) in [5.74, 6) is 0.675. The molecule has 27 heavy (non-hydrogen) atoms. The summed E-state index contributed by atoms with van der Waals surface area (Å²) < 4.78 is 3.61. The number of hydrogen-bond acceptors (Lipinski definition) is 4. The van der Waals surface area contributed by atoms with E-state index in [9.17, 15) is 0 Å². The molecule has 5 aromatic rings. The van der Waals surface area contributed by atoms with E-state index in [-0.39, 0.29) is 0 Å². The van der Waals surface area contributed by atoms with E-state index in [2.05, 4.69) is 20.3 Å². The molecule has 0 amide bonds. The summed E-state index contributed by atoms with van der Waals surface area (Å²) in [5, 5.41) is 15.3. The molecule has 0 bridgehead atoms. The summed E-state index contributed by atoms with van der Waals surface area (Å²) >= 11 is 12.3. The molecular formula is C19H12Cl2N6. The van der Waals surface area contributed by atoms with Gasteiger partial charge in [0.25, 0.3) is 0 Å². The zero-order valence-electron chi connectivity index (χ0n) is 14.1. The molecule has 0 N–H and O–H groups in total. The van der Waals surface area contributed by atoms with E-state index in [1.165, 1.54) is 0 Å². The van der Waals surface area contributed by atoms with Gasteiger partial charge in [0, 0.05) is 15.6 Å². The van der Waals surface area contributed by atoms with Gasteiger partial charge in [-0.15, -0.1) is 10.2 Å². The van der Waals surface area contributed by atoms with Gasteiger partial charge in [-0.25, -0.2) is 9.67 Å². The number of benzene rings is 2. The number of rotatable bonds is 2. The van der Waals surface area contributed by atoms with Gasteiger partial charge in [0.15, 0.2) is 17.1 Å². The number of hydrogen-bond donors (Lipinski definition) is 0. The molecule has 0 saturated heterocycles. The van der Waals surface area contributed by atoms with Crippen LogP contribution in [-0.2, 0) is 0 Å². The van der Waals surface area contributed by atoms with E-state index >= 15 is 0 Å². The van der Waals surface area contributed by atoms with Gasteiger partial charge >= 0.3 is 0 Å². The van der Waals surface area contributed by atoms with Crippen LogP contribution < -0.4 is 0 Å². The van der Waals surface area contributed by atoms with Gasteiger partial charge < -0.3 is 0 Å². The van der Waals surface area contributed by atoms with Crippen molar-refractivity contribution in [1.29, 1.82) is 0 Å². The molecule has 8 heteroatoms. The Morgan fingerprint density at radius 2 is 1.78 bits per heavy atom. The zero-order valence-corrected chi connectivity index (χ0v) is 15.6. The molecule has 0 saturated carbocycles. The summed E-state index contributed by atoms with van der Waals surface area (Å²) in [6.07, 6.45) is 3.44. The molecule has 0 spiro atoms. The quantitative estimate of drug-likeness (QED) is 0.433. The molecule has 0 aliphatic rings. The first-order valence-corrected chi connectivity index (χ1v) is 8.97. The fourth-order valence-corrected chi connectivity index (χ4v) is 3.49. The van der Waals surface area contributed by atoms with Gasteiger partial charge in [-0.3, -0.25) is 4.40 Å². The van der Waals surface area contributed by atoms with E-state index in [4.69, 9.17) is 23.2 Å². The minimum atomic E-state index is 0.641. The van der Waals surface area contributed by atoms with Crippen molar-refractivity contribution in [3.05, 3.63) is 70.6 Å². The fraction of sp³-hybridized carbons (Fsp3) is 0.0526. The van der Waals surface area contributed by atoms with Gasteiger partial charge in [-0.1, -0.05) is 41.4 Å². The fourth-order valence-electron chi connectivity index (χ4n) is 3.13. The van der Waals surface area contributed by atoms with Crippen LogP contribution in [0.1, 0.15) is 5.56 Å². The van der Waals surface area contributed by atoms with Crippen molar-refractivity contribution in [3.63, 3.8) is 0 Å². The van der Waals surface area contributed by atoms with Gasteiger partial charge in [0.2, 0.25) is 0 Å². The second kappa shape index (κ2) is 6.04. The molecule has 2 aromatic carbocycles. The third kappa shape index (κ3) is 2.57. The van der Waals surface area contributed by atoms with Gasteiger partial charge in [-0.2, -0.15) is 5.10 Å². The Morgan fingerprint density at radius 1 is 0.926 bits per heavy atom. The van der Waals surface area contributed by atoms with Crippen molar-refractivity contribution in [2.24, 2.45) is 0 Å². The summed E-state index contributed by atoms with van der Waals surface area (Å²) in [6, 6.07) is 13.2. The SMILES string of the molecule is Cc1ccc(Cl)cc1-n1ncc2c1ncn1c(-c3cccc(Cl)c3)nnc21. The summed E-state index contributed by atoms with van der Waals surface area (Å²) in [4.78, 5) is 4.60. The molecular weight excluding hydrogens is 383 g/mol. The summed E-state index contributed by atoms with van der Waals surface area (Å²) in [6.45, 7) is 2.01. The Hall–Kier alpha value is -2.96. The van der Waals surface area contributed by atoms with Crippen molar-refractivity contribution < 1.29 is 0 Å². The third-order valence-corrected chi connectivity index (χ3v) is 4.93. The highest BCUT2D eigenvalue weighted by molar-refractivity contribution is 6.31. The number of fused-ring (bicyclic) bond motifs is 3. The van der Waals surface area contributed by atoms with E-state index in [1.807, 2.05) is 53.8 Å². The van der Waals surface area contributed by atoms with Crippen LogP contribution in [0.4, 0.5) is 0 Å². The lowest BCUT2D eigenvalue weighted by Crippen LogP contribution is -2.01. The first-order chi connectivity index (χ1) is 13.1. The second-order valence-corrected chi connectivity index (χ2v) is 7.07. The molecule has 0 atom stereocenters. The van der Waals surface area contributed by atoms with Crippen LogP contribution in [0.15, 0.2) is 55.0 Å².